The molecular formula is C11H9FN2O. The summed E-state index contributed by atoms with van der Waals surface area (Å²) < 4.78 is 13.4. The van der Waals surface area contributed by atoms with Crippen LogP contribution in [0.25, 0.3) is 10.9 Å². The third-order valence-electron chi connectivity index (χ3n) is 2.18. The molecule has 1 aromatic carbocycles. The number of hydrogen-bond acceptors (Lipinski definition) is 2. The summed E-state index contributed by atoms with van der Waals surface area (Å²) in [4.78, 5) is 15.2. The lowest BCUT2D eigenvalue weighted by Gasteiger charge is -2.04. The predicted octanol–water partition coefficient (Wildman–Crippen LogP) is 1.78. The molecule has 0 radical (unpaired) electrons. The fourth-order valence-corrected chi connectivity index (χ4v) is 1.55. The zero-order valence-electron chi connectivity index (χ0n) is 8.12. The number of carbonyl (C=O) groups is 1. The number of hydrogen-bond donors (Lipinski definition) is 1. The first-order valence-electron chi connectivity index (χ1n) is 4.45. The number of fused-ring (bicyclic) bond motifs is 1. The van der Waals surface area contributed by atoms with Crippen molar-refractivity contribution in [2.45, 2.75) is 6.92 Å². The number of pyridine rings is 1. The van der Waals surface area contributed by atoms with Crippen LogP contribution in [0.3, 0.4) is 0 Å². The maximum atomic E-state index is 13.4. The summed E-state index contributed by atoms with van der Waals surface area (Å²) in [5, 5.41) is 0.452. The van der Waals surface area contributed by atoms with E-state index in [0.717, 1.165) is 0 Å². The van der Waals surface area contributed by atoms with Gasteiger partial charge in [-0.1, -0.05) is 12.1 Å². The maximum absolute atomic E-state index is 13.4. The summed E-state index contributed by atoms with van der Waals surface area (Å²) in [5.74, 6) is -1.02. The smallest absolute Gasteiger partial charge is 0.249 e. The van der Waals surface area contributed by atoms with Crippen LogP contribution in [0.2, 0.25) is 0 Å². The first-order chi connectivity index (χ1) is 7.09. The summed E-state index contributed by atoms with van der Waals surface area (Å²) >= 11 is 0. The van der Waals surface area contributed by atoms with E-state index in [1.807, 2.05) is 0 Å². The number of carbonyl (C=O) groups excluding carboxylic acids is 1. The van der Waals surface area contributed by atoms with E-state index in [9.17, 15) is 9.18 Å². The first-order valence-corrected chi connectivity index (χ1v) is 4.45. The molecule has 0 bridgehead atoms. The Hall–Kier alpha value is -1.97. The number of para-hydroxylation sites is 1. The fraction of sp³-hybridized carbons (Fsp3) is 0.0909. The van der Waals surface area contributed by atoms with Gasteiger partial charge in [-0.05, 0) is 19.1 Å². The number of benzene rings is 1. The molecule has 2 rings (SSSR count). The minimum atomic E-state index is -0.573. The van der Waals surface area contributed by atoms with Gasteiger partial charge in [-0.25, -0.2) is 9.37 Å². The van der Waals surface area contributed by atoms with Gasteiger partial charge in [0.15, 0.2) is 0 Å². The Balaban J connectivity index is 2.92. The van der Waals surface area contributed by atoms with Crippen molar-refractivity contribution in [3.8, 4) is 0 Å². The zero-order valence-corrected chi connectivity index (χ0v) is 8.12. The monoisotopic (exact) mass is 204 g/mol. The molecule has 1 heterocycles. The van der Waals surface area contributed by atoms with Crippen molar-refractivity contribution in [1.29, 1.82) is 0 Å². The van der Waals surface area contributed by atoms with Crippen LogP contribution >= 0.6 is 0 Å². The van der Waals surface area contributed by atoms with Gasteiger partial charge in [-0.2, -0.15) is 0 Å². The molecule has 1 amide bonds. The molecular weight excluding hydrogens is 195 g/mol. The number of rotatable bonds is 1. The van der Waals surface area contributed by atoms with E-state index >= 15 is 0 Å². The minimum absolute atomic E-state index is 0.186. The summed E-state index contributed by atoms with van der Waals surface area (Å²) in [6.45, 7) is 1.69. The summed E-state index contributed by atoms with van der Waals surface area (Å²) in [5.41, 5.74) is 6.27. The number of amides is 1. The highest BCUT2D eigenvalue weighted by molar-refractivity contribution is 6.05. The number of aromatic nitrogens is 1. The Kier molecular flexibility index (Phi) is 2.11. The molecule has 2 N–H and O–H groups in total. The Morgan fingerprint density at radius 1 is 1.47 bits per heavy atom. The quantitative estimate of drug-likeness (QED) is 0.769. The first kappa shape index (κ1) is 9.58. The predicted molar refractivity (Wildman–Crippen MR) is 55.0 cm³/mol. The third-order valence-corrected chi connectivity index (χ3v) is 2.18. The molecule has 0 aliphatic rings. The van der Waals surface area contributed by atoms with Crippen LogP contribution in [-0.4, -0.2) is 10.9 Å². The second-order valence-electron chi connectivity index (χ2n) is 3.31. The van der Waals surface area contributed by atoms with E-state index in [2.05, 4.69) is 4.98 Å². The van der Waals surface area contributed by atoms with E-state index in [1.165, 1.54) is 12.1 Å². The molecule has 0 spiro atoms. The molecule has 2 aromatic rings. The number of primary amides is 1. The van der Waals surface area contributed by atoms with Crippen LogP contribution in [-0.2, 0) is 0 Å². The van der Waals surface area contributed by atoms with Gasteiger partial charge in [0, 0.05) is 11.1 Å². The van der Waals surface area contributed by atoms with Crippen molar-refractivity contribution in [2.75, 3.05) is 0 Å². The lowest BCUT2D eigenvalue weighted by molar-refractivity contribution is 0.100. The van der Waals surface area contributed by atoms with Gasteiger partial charge < -0.3 is 5.73 Å². The second kappa shape index (κ2) is 3.31. The van der Waals surface area contributed by atoms with E-state index in [1.54, 1.807) is 19.1 Å². The fourth-order valence-electron chi connectivity index (χ4n) is 1.55. The van der Waals surface area contributed by atoms with Crippen LogP contribution in [0.4, 0.5) is 4.39 Å². The minimum Gasteiger partial charge on any atom is -0.366 e. The van der Waals surface area contributed by atoms with Gasteiger partial charge in [-0.3, -0.25) is 4.79 Å². The van der Waals surface area contributed by atoms with Gasteiger partial charge >= 0.3 is 0 Å². The molecule has 4 heteroatoms. The number of nitrogens with two attached hydrogens (primary N) is 1. The van der Waals surface area contributed by atoms with Gasteiger partial charge in [-0.15, -0.1) is 0 Å². The van der Waals surface area contributed by atoms with Crippen LogP contribution in [0.1, 0.15) is 16.1 Å². The van der Waals surface area contributed by atoms with Crippen LogP contribution in [0.5, 0.6) is 0 Å². The molecule has 0 saturated heterocycles. The molecule has 0 unspecified atom stereocenters. The average Bonchev–Trinajstić information content (AvgIpc) is 2.18. The molecule has 0 atom stereocenters. The highest BCUT2D eigenvalue weighted by Crippen LogP contribution is 2.20. The summed E-state index contributed by atoms with van der Waals surface area (Å²) in [7, 11) is 0. The molecule has 3 nitrogen and oxygen atoms in total. The van der Waals surface area contributed by atoms with Gasteiger partial charge in [0.05, 0.1) is 5.56 Å². The van der Waals surface area contributed by atoms with Crippen molar-refractivity contribution >= 4 is 16.8 Å². The van der Waals surface area contributed by atoms with Crippen LogP contribution in [0, 0.1) is 12.7 Å². The number of halogens is 1. The Bertz CT molecular complexity index is 552. The van der Waals surface area contributed by atoms with Crippen LogP contribution in [0.15, 0.2) is 24.3 Å². The van der Waals surface area contributed by atoms with E-state index < -0.39 is 11.7 Å². The molecule has 76 valence electrons. The normalized spacial score (nSPS) is 10.5. The van der Waals surface area contributed by atoms with Crippen molar-refractivity contribution in [2.24, 2.45) is 5.73 Å². The van der Waals surface area contributed by atoms with Crippen LogP contribution < -0.4 is 5.73 Å². The Morgan fingerprint density at radius 3 is 2.87 bits per heavy atom. The van der Waals surface area contributed by atoms with E-state index in [-0.39, 0.29) is 5.52 Å². The van der Waals surface area contributed by atoms with Crippen molar-refractivity contribution in [1.82, 2.24) is 4.98 Å². The topological polar surface area (TPSA) is 56.0 Å². The van der Waals surface area contributed by atoms with E-state index in [4.69, 9.17) is 5.73 Å². The van der Waals surface area contributed by atoms with Gasteiger partial charge in [0.1, 0.15) is 11.3 Å². The van der Waals surface area contributed by atoms with Gasteiger partial charge in [0.25, 0.3) is 0 Å². The van der Waals surface area contributed by atoms with Crippen molar-refractivity contribution in [3.05, 3.63) is 41.3 Å². The lowest BCUT2D eigenvalue weighted by Crippen LogP contribution is -2.12. The molecule has 0 fully saturated rings. The van der Waals surface area contributed by atoms with Crippen molar-refractivity contribution in [3.63, 3.8) is 0 Å². The Morgan fingerprint density at radius 2 is 2.20 bits per heavy atom. The highest BCUT2D eigenvalue weighted by Gasteiger charge is 2.10. The van der Waals surface area contributed by atoms with Gasteiger partial charge in [0.2, 0.25) is 5.91 Å². The lowest BCUT2D eigenvalue weighted by atomic mass is 10.1. The molecule has 0 aliphatic heterocycles. The molecule has 15 heavy (non-hydrogen) atoms. The molecule has 0 aliphatic carbocycles. The standard InChI is InChI=1S/C11H9FN2O/c1-6-5-8(11(13)15)7-3-2-4-9(12)10(7)14-6/h2-5H,1H3,(H2,13,15). The number of nitrogens with zero attached hydrogens (tertiary/aromatic N) is 1. The van der Waals surface area contributed by atoms with E-state index in [0.29, 0.717) is 16.6 Å². The molecule has 1 aromatic heterocycles. The maximum Gasteiger partial charge on any atom is 0.249 e. The highest BCUT2D eigenvalue weighted by atomic mass is 19.1. The summed E-state index contributed by atoms with van der Waals surface area (Å²) in [6.07, 6.45) is 0. The average molecular weight is 204 g/mol. The zero-order chi connectivity index (χ0) is 11.0. The Labute approximate surface area is 85.7 Å². The second-order valence-corrected chi connectivity index (χ2v) is 3.31. The summed E-state index contributed by atoms with van der Waals surface area (Å²) in [6, 6.07) is 6.02. The SMILES string of the molecule is Cc1cc(C(N)=O)c2cccc(F)c2n1. The van der Waals surface area contributed by atoms with Crippen molar-refractivity contribution < 1.29 is 9.18 Å². The molecule has 0 saturated carbocycles. The number of aryl methyl sites for hydroxylation is 1. The third kappa shape index (κ3) is 1.54. The largest absolute Gasteiger partial charge is 0.366 e.